The monoisotopic (exact) mass is 654 g/mol. The molecule has 6 rings (SSSR count). The molecule has 41 heavy (non-hydrogen) atoms. The van der Waals surface area contributed by atoms with Crippen LogP contribution in [0.25, 0.3) is 12.2 Å². The SMILES string of the molecule is CC1=Cc2c(CCc3ccccc3)ccc(C)c2[CH]1[Zr]([Cl])([Cl])[CH]1C(C)=Cc2c(CCc3ccccc3)ccc(C)c21. The van der Waals surface area contributed by atoms with E-state index in [1.807, 2.05) is 0 Å². The van der Waals surface area contributed by atoms with Crippen molar-refractivity contribution in [3.63, 3.8) is 0 Å². The summed E-state index contributed by atoms with van der Waals surface area (Å²) in [6, 6.07) is 30.8. The standard InChI is InChI=1S/2C19H19.2ClH.Zr/c2*1-14-12-18-15(2)8-10-17(19(18)13-14)11-9-16-6-4-3-5-7-16;;;/h2*3-8,10,12-13H,9,11H2,1-2H3;2*1H;/q;;;;+2/p-2. The van der Waals surface area contributed by atoms with E-state index in [0.717, 1.165) is 25.7 Å². The summed E-state index contributed by atoms with van der Waals surface area (Å²) in [7, 11) is 15.8. The van der Waals surface area contributed by atoms with Gasteiger partial charge in [0.15, 0.2) is 0 Å². The second-order valence-electron chi connectivity index (χ2n) is 12.0. The molecule has 3 heteroatoms. The predicted molar refractivity (Wildman–Crippen MR) is 175 cm³/mol. The third kappa shape index (κ3) is 5.51. The molecule has 0 amide bonds. The van der Waals surface area contributed by atoms with E-state index in [0.29, 0.717) is 0 Å². The number of aryl methyl sites for hydroxylation is 6. The Bertz CT molecular complexity index is 1520. The third-order valence-corrected chi connectivity index (χ3v) is 21.9. The van der Waals surface area contributed by atoms with Gasteiger partial charge in [0.1, 0.15) is 0 Å². The van der Waals surface area contributed by atoms with Crippen LogP contribution >= 0.6 is 17.0 Å². The molecule has 2 aliphatic rings. The van der Waals surface area contributed by atoms with Crippen molar-refractivity contribution < 1.29 is 17.9 Å². The fourth-order valence-electron chi connectivity index (χ4n) is 7.21. The summed E-state index contributed by atoms with van der Waals surface area (Å²) in [6.45, 7) is 9.01. The molecule has 0 N–H and O–H groups in total. The van der Waals surface area contributed by atoms with Crippen molar-refractivity contribution in [2.45, 2.75) is 60.6 Å². The molecule has 208 valence electrons. The third-order valence-electron chi connectivity index (χ3n) is 9.24. The molecule has 0 saturated carbocycles. The van der Waals surface area contributed by atoms with Crippen molar-refractivity contribution >= 4 is 29.2 Å². The van der Waals surface area contributed by atoms with Gasteiger partial charge in [-0.2, -0.15) is 0 Å². The quantitative estimate of drug-likeness (QED) is 0.177. The topological polar surface area (TPSA) is 0 Å². The number of rotatable bonds is 8. The van der Waals surface area contributed by atoms with Gasteiger partial charge < -0.3 is 0 Å². The van der Waals surface area contributed by atoms with Crippen LogP contribution < -0.4 is 0 Å². The van der Waals surface area contributed by atoms with E-state index in [1.165, 1.54) is 66.8 Å². The molecule has 0 saturated heterocycles. The van der Waals surface area contributed by atoms with Crippen LogP contribution in [0.15, 0.2) is 96.1 Å². The fourth-order valence-corrected chi connectivity index (χ4v) is 21.9. The van der Waals surface area contributed by atoms with Gasteiger partial charge in [-0.05, 0) is 0 Å². The molecule has 0 bridgehead atoms. The van der Waals surface area contributed by atoms with Crippen LogP contribution in [-0.2, 0) is 43.6 Å². The molecule has 0 nitrogen and oxygen atoms in total. The first-order chi connectivity index (χ1) is 19.8. The molecule has 4 aromatic carbocycles. The normalized spacial score (nSPS) is 17.7. The summed E-state index contributed by atoms with van der Waals surface area (Å²) in [5, 5.41) is 0. The van der Waals surface area contributed by atoms with Gasteiger partial charge in [-0.25, -0.2) is 0 Å². The van der Waals surface area contributed by atoms with E-state index in [9.17, 15) is 0 Å². The van der Waals surface area contributed by atoms with Gasteiger partial charge in [0.25, 0.3) is 0 Å². The van der Waals surface area contributed by atoms with Crippen LogP contribution in [0.5, 0.6) is 0 Å². The zero-order chi connectivity index (χ0) is 28.7. The van der Waals surface area contributed by atoms with Crippen LogP contribution in [0.3, 0.4) is 0 Å². The first-order valence-corrected chi connectivity index (χ1v) is 24.0. The molecule has 2 unspecified atom stereocenters. The Balaban J connectivity index is 1.34. The molecular formula is C38H38Cl2Zr. The van der Waals surface area contributed by atoms with Crippen molar-refractivity contribution in [3.05, 3.63) is 152 Å². The van der Waals surface area contributed by atoms with Crippen LogP contribution in [0.2, 0.25) is 0 Å². The van der Waals surface area contributed by atoms with E-state index < -0.39 is 17.9 Å². The van der Waals surface area contributed by atoms with Gasteiger partial charge in [-0.3, -0.25) is 0 Å². The Hall–Kier alpha value is -2.18. The molecule has 0 heterocycles. The van der Waals surface area contributed by atoms with Crippen molar-refractivity contribution in [2.75, 3.05) is 0 Å². The van der Waals surface area contributed by atoms with Crippen LogP contribution in [0.1, 0.15) is 76.7 Å². The number of fused-ring (bicyclic) bond motifs is 2. The van der Waals surface area contributed by atoms with Crippen LogP contribution in [-0.4, -0.2) is 0 Å². The summed E-state index contributed by atoms with van der Waals surface area (Å²) >= 11 is -3.93. The number of hydrogen-bond donors (Lipinski definition) is 0. The molecule has 0 spiro atoms. The molecule has 0 radical (unpaired) electrons. The molecule has 0 aliphatic heterocycles. The van der Waals surface area contributed by atoms with Crippen molar-refractivity contribution in [3.8, 4) is 0 Å². The summed E-state index contributed by atoms with van der Waals surface area (Å²) in [6.07, 6.45) is 8.92. The average Bonchev–Trinajstić information content (AvgIpc) is 3.52. The average molecular weight is 657 g/mol. The molecule has 2 atom stereocenters. The Labute approximate surface area is 257 Å². The van der Waals surface area contributed by atoms with Gasteiger partial charge >= 0.3 is 259 Å². The van der Waals surface area contributed by atoms with E-state index in [-0.39, 0.29) is 7.25 Å². The first kappa shape index (κ1) is 28.9. The maximum absolute atomic E-state index is 7.88. The zero-order valence-electron chi connectivity index (χ0n) is 24.5. The molecule has 0 fully saturated rings. The van der Waals surface area contributed by atoms with Crippen LogP contribution in [0.4, 0.5) is 0 Å². The number of halogens is 2. The summed E-state index contributed by atoms with van der Waals surface area (Å²) < 4.78 is 0.289. The van der Waals surface area contributed by atoms with E-state index >= 15 is 0 Å². The minimum absolute atomic E-state index is 0.144. The predicted octanol–water partition coefficient (Wildman–Crippen LogP) is 11.0. The number of allylic oxidation sites excluding steroid dienone is 2. The Kier molecular flexibility index (Phi) is 8.35. The summed E-state index contributed by atoms with van der Waals surface area (Å²) in [4.78, 5) is 0. The Morgan fingerprint density at radius 3 is 1.29 bits per heavy atom. The Morgan fingerprint density at radius 2 is 0.902 bits per heavy atom. The summed E-state index contributed by atoms with van der Waals surface area (Å²) in [5.74, 6) is 0. The second-order valence-corrected chi connectivity index (χ2v) is 26.7. The van der Waals surface area contributed by atoms with Crippen molar-refractivity contribution in [2.24, 2.45) is 0 Å². The second kappa shape index (κ2) is 11.8. The molecular weight excluding hydrogens is 619 g/mol. The minimum atomic E-state index is -3.93. The molecule has 4 aromatic rings. The van der Waals surface area contributed by atoms with Gasteiger partial charge in [0.05, 0.1) is 0 Å². The van der Waals surface area contributed by atoms with Crippen LogP contribution in [0, 0.1) is 13.8 Å². The maximum atomic E-state index is 7.88. The Morgan fingerprint density at radius 1 is 0.512 bits per heavy atom. The number of hydrogen-bond acceptors (Lipinski definition) is 0. The molecule has 0 aromatic heterocycles. The van der Waals surface area contributed by atoms with Gasteiger partial charge in [-0.1, -0.05) is 0 Å². The first-order valence-electron chi connectivity index (χ1n) is 14.8. The van der Waals surface area contributed by atoms with E-state index in [2.05, 4.69) is 125 Å². The van der Waals surface area contributed by atoms with Crippen molar-refractivity contribution in [1.82, 2.24) is 0 Å². The van der Waals surface area contributed by atoms with E-state index in [4.69, 9.17) is 17.0 Å². The van der Waals surface area contributed by atoms with Gasteiger partial charge in [-0.15, -0.1) is 0 Å². The number of benzene rings is 4. The fraction of sp³-hybridized carbons (Fsp3) is 0.263. The van der Waals surface area contributed by atoms with E-state index in [1.54, 1.807) is 0 Å². The van der Waals surface area contributed by atoms with Gasteiger partial charge in [0.2, 0.25) is 0 Å². The zero-order valence-corrected chi connectivity index (χ0v) is 28.4. The summed E-state index contributed by atoms with van der Waals surface area (Å²) in [5.41, 5.74) is 16.4. The molecule has 2 aliphatic carbocycles. The van der Waals surface area contributed by atoms with Crippen molar-refractivity contribution in [1.29, 1.82) is 0 Å². The van der Waals surface area contributed by atoms with Gasteiger partial charge in [0, 0.05) is 0 Å².